The molecule has 3 aromatic rings. The molecule has 0 saturated carbocycles. The van der Waals surface area contributed by atoms with Crippen molar-refractivity contribution in [2.45, 2.75) is 13.8 Å². The molecule has 0 aliphatic carbocycles. The number of amides is 2. The summed E-state index contributed by atoms with van der Waals surface area (Å²) in [5.74, 6) is 2.03. The molecule has 0 radical (unpaired) electrons. The minimum Gasteiger partial charge on any atom is -0.497 e. The van der Waals surface area contributed by atoms with Gasteiger partial charge in [-0.05, 0) is 61.6 Å². The van der Waals surface area contributed by atoms with Gasteiger partial charge in [0, 0.05) is 50.4 Å². The first-order valence-electron chi connectivity index (χ1n) is 14.1. The fraction of sp³-hybridized carbons (Fsp3) is 0.419. The highest BCUT2D eigenvalue weighted by Crippen LogP contribution is 2.23. The summed E-state index contributed by atoms with van der Waals surface area (Å²) in [5, 5.41) is 8.86. The number of rotatable bonds is 12. The van der Waals surface area contributed by atoms with Crippen LogP contribution >= 0.6 is 0 Å². The maximum atomic E-state index is 13.4. The van der Waals surface area contributed by atoms with Crippen molar-refractivity contribution in [3.8, 4) is 22.8 Å². The zero-order chi connectivity index (χ0) is 29.2. The third-order valence-corrected chi connectivity index (χ3v) is 7.50. The molecule has 4 rings (SSSR count). The van der Waals surface area contributed by atoms with Crippen LogP contribution in [0.3, 0.4) is 0 Å². The number of benzene rings is 2. The summed E-state index contributed by atoms with van der Waals surface area (Å²) >= 11 is 0. The van der Waals surface area contributed by atoms with E-state index in [1.807, 2.05) is 41.3 Å². The second kappa shape index (κ2) is 14.5. The van der Waals surface area contributed by atoms with Crippen molar-refractivity contribution in [1.82, 2.24) is 24.9 Å². The lowest BCUT2D eigenvalue weighted by molar-refractivity contribution is -0.132. The summed E-state index contributed by atoms with van der Waals surface area (Å²) in [6.45, 7) is 9.60. The number of methoxy groups -OCH3 is 2. The van der Waals surface area contributed by atoms with Crippen LogP contribution in [0.4, 0.5) is 5.82 Å². The van der Waals surface area contributed by atoms with Crippen molar-refractivity contribution in [2.75, 3.05) is 78.0 Å². The molecule has 1 saturated heterocycles. The molecule has 2 aromatic carbocycles. The average Bonchev–Trinajstić information content (AvgIpc) is 3.04. The van der Waals surface area contributed by atoms with Gasteiger partial charge in [0.2, 0.25) is 5.91 Å². The molecule has 2 heterocycles. The molecule has 0 atom stereocenters. The van der Waals surface area contributed by atoms with E-state index in [4.69, 9.17) is 9.47 Å². The number of aromatic nitrogens is 2. The van der Waals surface area contributed by atoms with E-state index in [0.29, 0.717) is 50.6 Å². The predicted octanol–water partition coefficient (Wildman–Crippen LogP) is 3.29. The van der Waals surface area contributed by atoms with Gasteiger partial charge in [0.1, 0.15) is 18.0 Å². The lowest BCUT2D eigenvalue weighted by atomic mass is 10.1. The Morgan fingerprint density at radius 1 is 0.829 bits per heavy atom. The minimum absolute atomic E-state index is 0.0428. The Morgan fingerprint density at radius 2 is 1.54 bits per heavy atom. The Kier molecular flexibility index (Phi) is 10.5. The maximum Gasteiger partial charge on any atom is 0.254 e. The lowest BCUT2D eigenvalue weighted by Gasteiger charge is -2.36. The summed E-state index contributed by atoms with van der Waals surface area (Å²) in [6, 6.07) is 18.7. The molecule has 0 N–H and O–H groups in total. The van der Waals surface area contributed by atoms with E-state index in [0.717, 1.165) is 35.9 Å². The van der Waals surface area contributed by atoms with E-state index in [9.17, 15) is 9.59 Å². The van der Waals surface area contributed by atoms with Gasteiger partial charge in [0.25, 0.3) is 5.91 Å². The molecule has 1 aromatic heterocycles. The Labute approximate surface area is 242 Å². The van der Waals surface area contributed by atoms with Crippen LogP contribution in [0.5, 0.6) is 11.5 Å². The molecular formula is C31H40N6O4. The fourth-order valence-corrected chi connectivity index (χ4v) is 4.85. The molecule has 10 heteroatoms. The van der Waals surface area contributed by atoms with E-state index in [1.54, 1.807) is 43.4 Å². The Balaban J connectivity index is 1.36. The largest absolute Gasteiger partial charge is 0.497 e. The van der Waals surface area contributed by atoms with Crippen LogP contribution in [0.15, 0.2) is 60.7 Å². The van der Waals surface area contributed by atoms with Gasteiger partial charge in [0.05, 0.1) is 19.9 Å². The Morgan fingerprint density at radius 3 is 2.15 bits per heavy atom. The number of ether oxygens (including phenoxy) is 2. The summed E-state index contributed by atoms with van der Waals surface area (Å²) < 4.78 is 10.5. The van der Waals surface area contributed by atoms with Crippen LogP contribution in [0.1, 0.15) is 24.2 Å². The van der Waals surface area contributed by atoms with Gasteiger partial charge < -0.3 is 29.1 Å². The van der Waals surface area contributed by atoms with Crippen molar-refractivity contribution < 1.29 is 19.1 Å². The van der Waals surface area contributed by atoms with Crippen LogP contribution in [-0.2, 0) is 4.79 Å². The van der Waals surface area contributed by atoms with E-state index in [1.165, 1.54) is 0 Å². The number of anilines is 1. The number of hydrogen-bond acceptors (Lipinski definition) is 8. The molecule has 2 amide bonds. The van der Waals surface area contributed by atoms with Crippen LogP contribution in [0.25, 0.3) is 11.3 Å². The van der Waals surface area contributed by atoms with Crippen LogP contribution in [0, 0.1) is 0 Å². The first kappa shape index (κ1) is 29.8. The molecule has 0 spiro atoms. The fourth-order valence-electron chi connectivity index (χ4n) is 4.85. The van der Waals surface area contributed by atoms with Gasteiger partial charge >= 0.3 is 0 Å². The number of likely N-dealkylation sites (N-methyl/N-ethyl adjacent to an activating group) is 1. The summed E-state index contributed by atoms with van der Waals surface area (Å²) in [7, 11) is 3.23. The van der Waals surface area contributed by atoms with Gasteiger partial charge in [0.15, 0.2) is 5.82 Å². The van der Waals surface area contributed by atoms with Gasteiger partial charge in [-0.15, -0.1) is 10.2 Å². The van der Waals surface area contributed by atoms with E-state index < -0.39 is 0 Å². The Hall–Kier alpha value is -4.18. The van der Waals surface area contributed by atoms with Crippen LogP contribution in [0.2, 0.25) is 0 Å². The molecule has 1 fully saturated rings. The van der Waals surface area contributed by atoms with Crippen molar-refractivity contribution in [3.05, 3.63) is 66.2 Å². The molecule has 41 heavy (non-hydrogen) atoms. The smallest absolute Gasteiger partial charge is 0.254 e. The number of hydrogen-bond donors (Lipinski definition) is 0. The number of carbonyl (C=O) groups is 2. The molecule has 1 aliphatic rings. The SMILES string of the molecule is CCN(CC)CCN(CC(=O)N1CCN(c2ccc(-c3cccc(OC)c3)nn2)CC1)C(=O)c1ccc(OC)cc1. The van der Waals surface area contributed by atoms with E-state index in [2.05, 4.69) is 33.8 Å². The van der Waals surface area contributed by atoms with Crippen LogP contribution in [-0.4, -0.2) is 110 Å². The van der Waals surface area contributed by atoms with Crippen molar-refractivity contribution >= 4 is 17.6 Å². The zero-order valence-electron chi connectivity index (χ0n) is 24.5. The molecule has 1 aliphatic heterocycles. The van der Waals surface area contributed by atoms with Gasteiger partial charge in [-0.3, -0.25) is 9.59 Å². The van der Waals surface area contributed by atoms with Crippen molar-refractivity contribution in [3.63, 3.8) is 0 Å². The van der Waals surface area contributed by atoms with Crippen molar-refractivity contribution in [2.24, 2.45) is 0 Å². The average molecular weight is 561 g/mol. The third kappa shape index (κ3) is 7.73. The number of nitrogens with zero attached hydrogens (tertiary/aromatic N) is 6. The zero-order valence-corrected chi connectivity index (χ0v) is 24.5. The first-order chi connectivity index (χ1) is 19.9. The van der Waals surface area contributed by atoms with Crippen LogP contribution < -0.4 is 14.4 Å². The lowest BCUT2D eigenvalue weighted by Crippen LogP contribution is -2.52. The van der Waals surface area contributed by atoms with Gasteiger partial charge in [-0.1, -0.05) is 26.0 Å². The normalized spacial score (nSPS) is 13.3. The van der Waals surface area contributed by atoms with Crippen molar-refractivity contribution in [1.29, 1.82) is 0 Å². The minimum atomic E-state index is -0.154. The first-order valence-corrected chi connectivity index (χ1v) is 14.1. The highest BCUT2D eigenvalue weighted by molar-refractivity contribution is 5.96. The second-order valence-electron chi connectivity index (χ2n) is 9.86. The molecule has 218 valence electrons. The maximum absolute atomic E-state index is 13.4. The topological polar surface area (TPSA) is 91.3 Å². The highest BCUT2D eigenvalue weighted by atomic mass is 16.5. The Bertz CT molecular complexity index is 1270. The molecule has 0 unspecified atom stereocenters. The number of piperazine rings is 1. The summed E-state index contributed by atoms with van der Waals surface area (Å²) in [6.07, 6.45) is 0. The van der Waals surface area contributed by atoms with E-state index in [-0.39, 0.29) is 18.4 Å². The third-order valence-electron chi connectivity index (χ3n) is 7.50. The standard InChI is InChI=1S/C31H40N6O4/c1-5-34(6-2)16-17-37(31(39)24-10-12-26(40-3)13-11-24)23-30(38)36-20-18-35(19-21-36)29-15-14-28(32-33-29)25-8-7-9-27(22-25)41-4/h7-15,22H,5-6,16-21,23H2,1-4H3. The molecule has 0 bridgehead atoms. The molecule has 10 nitrogen and oxygen atoms in total. The second-order valence-corrected chi connectivity index (χ2v) is 9.86. The summed E-state index contributed by atoms with van der Waals surface area (Å²) in [4.78, 5) is 34.7. The quantitative estimate of drug-likeness (QED) is 0.333. The predicted molar refractivity (Wildman–Crippen MR) is 159 cm³/mol. The monoisotopic (exact) mass is 560 g/mol. The molecular weight excluding hydrogens is 520 g/mol. The van der Waals surface area contributed by atoms with E-state index >= 15 is 0 Å². The van der Waals surface area contributed by atoms with Gasteiger partial charge in [-0.2, -0.15) is 0 Å². The summed E-state index contributed by atoms with van der Waals surface area (Å²) in [5.41, 5.74) is 2.25. The highest BCUT2D eigenvalue weighted by Gasteiger charge is 2.26. The number of carbonyl (C=O) groups excluding carboxylic acids is 2. The van der Waals surface area contributed by atoms with Gasteiger partial charge in [-0.25, -0.2) is 0 Å².